The molecule has 2 aromatic rings. The van der Waals surface area contributed by atoms with Crippen LogP contribution in [0.3, 0.4) is 0 Å². The fourth-order valence-corrected chi connectivity index (χ4v) is 2.53. The Morgan fingerprint density at radius 1 is 1.58 bits per heavy atom. The molecule has 2 unspecified atom stereocenters. The normalized spacial score (nSPS) is 21.1. The smallest absolute Gasteiger partial charge is 0.155 e. The third-order valence-corrected chi connectivity index (χ3v) is 3.64. The zero-order valence-electron chi connectivity index (χ0n) is 11.5. The number of nitrogens with one attached hydrogen (secondary N) is 1. The van der Waals surface area contributed by atoms with E-state index < -0.39 is 0 Å². The lowest BCUT2D eigenvalue weighted by Gasteiger charge is -2.19. The van der Waals surface area contributed by atoms with Crippen molar-refractivity contribution < 1.29 is 4.74 Å². The fraction of sp³-hybridized carbons (Fsp3) is 0.571. The van der Waals surface area contributed by atoms with Gasteiger partial charge in [-0.15, -0.1) is 0 Å². The van der Waals surface area contributed by atoms with Crippen molar-refractivity contribution in [3.63, 3.8) is 0 Å². The van der Waals surface area contributed by atoms with Gasteiger partial charge in [-0.3, -0.25) is 0 Å². The number of ether oxygens (including phenoxy) is 1. The molecule has 2 atom stereocenters. The molecular formula is C14H20N4O. The van der Waals surface area contributed by atoms with Crippen LogP contribution >= 0.6 is 0 Å². The van der Waals surface area contributed by atoms with E-state index in [1.54, 1.807) is 0 Å². The average molecular weight is 260 g/mol. The summed E-state index contributed by atoms with van der Waals surface area (Å²) in [7, 11) is 0. The summed E-state index contributed by atoms with van der Waals surface area (Å²) < 4.78 is 7.52. The van der Waals surface area contributed by atoms with E-state index >= 15 is 0 Å². The molecule has 102 valence electrons. The number of aromatic nitrogens is 3. The third kappa shape index (κ3) is 2.77. The van der Waals surface area contributed by atoms with E-state index in [1.807, 2.05) is 29.9 Å². The SMILES string of the molecule is Cc1cc2ncc(CNC(C)C3CCCO3)cn2n1. The monoisotopic (exact) mass is 260 g/mol. The highest BCUT2D eigenvalue weighted by Crippen LogP contribution is 2.15. The molecule has 1 aliphatic heterocycles. The van der Waals surface area contributed by atoms with E-state index in [4.69, 9.17) is 4.74 Å². The zero-order chi connectivity index (χ0) is 13.2. The van der Waals surface area contributed by atoms with E-state index in [9.17, 15) is 0 Å². The van der Waals surface area contributed by atoms with Gasteiger partial charge in [0.1, 0.15) is 0 Å². The van der Waals surface area contributed by atoms with Gasteiger partial charge in [0.15, 0.2) is 5.65 Å². The first-order valence-corrected chi connectivity index (χ1v) is 6.88. The molecule has 0 bridgehead atoms. The Morgan fingerprint density at radius 2 is 2.47 bits per heavy atom. The molecule has 5 heteroatoms. The molecule has 0 saturated carbocycles. The van der Waals surface area contributed by atoms with Crippen LogP contribution in [0.2, 0.25) is 0 Å². The summed E-state index contributed by atoms with van der Waals surface area (Å²) in [6.45, 7) is 5.85. The maximum absolute atomic E-state index is 5.68. The van der Waals surface area contributed by atoms with E-state index in [0.717, 1.165) is 36.5 Å². The second-order valence-corrected chi connectivity index (χ2v) is 5.27. The summed E-state index contributed by atoms with van der Waals surface area (Å²) in [4.78, 5) is 4.41. The Kier molecular flexibility index (Phi) is 3.48. The number of aryl methyl sites for hydroxylation is 1. The molecule has 3 heterocycles. The largest absolute Gasteiger partial charge is 0.377 e. The Labute approximate surface area is 113 Å². The van der Waals surface area contributed by atoms with Crippen LogP contribution in [0.5, 0.6) is 0 Å². The molecule has 0 aromatic carbocycles. The minimum absolute atomic E-state index is 0.351. The summed E-state index contributed by atoms with van der Waals surface area (Å²) in [6.07, 6.45) is 6.63. The molecule has 0 radical (unpaired) electrons. The Hall–Kier alpha value is -1.46. The Morgan fingerprint density at radius 3 is 3.26 bits per heavy atom. The van der Waals surface area contributed by atoms with Crippen LogP contribution in [0.25, 0.3) is 5.65 Å². The minimum Gasteiger partial charge on any atom is -0.377 e. The number of rotatable bonds is 4. The number of hydrogen-bond donors (Lipinski definition) is 1. The molecule has 2 aromatic heterocycles. The summed E-state index contributed by atoms with van der Waals surface area (Å²) in [5.41, 5.74) is 3.03. The highest BCUT2D eigenvalue weighted by Gasteiger charge is 2.21. The van der Waals surface area contributed by atoms with Gasteiger partial charge >= 0.3 is 0 Å². The second-order valence-electron chi connectivity index (χ2n) is 5.27. The molecule has 5 nitrogen and oxygen atoms in total. The van der Waals surface area contributed by atoms with Crippen LogP contribution in [0, 0.1) is 6.92 Å². The molecular weight excluding hydrogens is 240 g/mol. The highest BCUT2D eigenvalue weighted by molar-refractivity contribution is 5.38. The minimum atomic E-state index is 0.351. The summed E-state index contributed by atoms with van der Waals surface area (Å²) in [5.74, 6) is 0. The summed E-state index contributed by atoms with van der Waals surface area (Å²) in [6, 6.07) is 2.35. The van der Waals surface area contributed by atoms with Gasteiger partial charge in [0.25, 0.3) is 0 Å². The van der Waals surface area contributed by atoms with Crippen molar-refractivity contribution in [3.05, 3.63) is 29.7 Å². The van der Waals surface area contributed by atoms with E-state index in [-0.39, 0.29) is 0 Å². The van der Waals surface area contributed by atoms with Gasteiger partial charge in [0.2, 0.25) is 0 Å². The van der Waals surface area contributed by atoms with E-state index in [1.165, 1.54) is 6.42 Å². The molecule has 1 saturated heterocycles. The van der Waals surface area contributed by atoms with Crippen LogP contribution in [-0.4, -0.2) is 33.4 Å². The molecule has 0 spiro atoms. The van der Waals surface area contributed by atoms with Crippen LogP contribution in [-0.2, 0) is 11.3 Å². The fourth-order valence-electron chi connectivity index (χ4n) is 2.53. The van der Waals surface area contributed by atoms with Gasteiger partial charge in [-0.05, 0) is 26.7 Å². The van der Waals surface area contributed by atoms with Crippen LogP contribution < -0.4 is 5.32 Å². The van der Waals surface area contributed by atoms with Crippen molar-refractivity contribution in [2.45, 2.75) is 45.4 Å². The number of fused-ring (bicyclic) bond motifs is 1. The molecule has 0 amide bonds. The lowest BCUT2D eigenvalue weighted by Crippen LogP contribution is -2.36. The first kappa shape index (κ1) is 12.6. The summed E-state index contributed by atoms with van der Waals surface area (Å²) in [5, 5.41) is 7.89. The number of nitrogens with zero attached hydrogens (tertiary/aromatic N) is 3. The average Bonchev–Trinajstić information content (AvgIpc) is 3.03. The zero-order valence-corrected chi connectivity index (χ0v) is 11.5. The van der Waals surface area contributed by atoms with E-state index in [0.29, 0.717) is 12.1 Å². The van der Waals surface area contributed by atoms with Crippen molar-refractivity contribution in [2.75, 3.05) is 6.61 Å². The van der Waals surface area contributed by atoms with Gasteiger partial charge in [0, 0.05) is 43.2 Å². The van der Waals surface area contributed by atoms with Crippen LogP contribution in [0.4, 0.5) is 0 Å². The van der Waals surface area contributed by atoms with Gasteiger partial charge in [-0.2, -0.15) is 5.10 Å². The topological polar surface area (TPSA) is 51.5 Å². The Bertz CT molecular complexity index is 560. The first-order valence-electron chi connectivity index (χ1n) is 6.88. The first-order chi connectivity index (χ1) is 9.22. The van der Waals surface area contributed by atoms with Gasteiger partial charge in [0.05, 0.1) is 11.8 Å². The van der Waals surface area contributed by atoms with Crippen molar-refractivity contribution >= 4 is 5.65 Å². The second kappa shape index (κ2) is 5.27. The van der Waals surface area contributed by atoms with Crippen molar-refractivity contribution in [2.24, 2.45) is 0 Å². The van der Waals surface area contributed by atoms with Gasteiger partial charge in [-0.25, -0.2) is 9.50 Å². The summed E-state index contributed by atoms with van der Waals surface area (Å²) >= 11 is 0. The Balaban J connectivity index is 1.64. The maximum atomic E-state index is 5.68. The van der Waals surface area contributed by atoms with Crippen molar-refractivity contribution in [1.29, 1.82) is 0 Å². The van der Waals surface area contributed by atoms with Crippen LogP contribution in [0.15, 0.2) is 18.5 Å². The molecule has 19 heavy (non-hydrogen) atoms. The van der Waals surface area contributed by atoms with E-state index in [2.05, 4.69) is 22.3 Å². The maximum Gasteiger partial charge on any atom is 0.155 e. The standard InChI is InChI=1S/C14H20N4O/c1-10-6-14-16-8-12(9-18(14)17-10)7-15-11(2)13-4-3-5-19-13/h6,8-9,11,13,15H,3-5,7H2,1-2H3. The number of hydrogen-bond acceptors (Lipinski definition) is 4. The molecule has 0 aliphatic carbocycles. The predicted molar refractivity (Wildman–Crippen MR) is 73.0 cm³/mol. The quantitative estimate of drug-likeness (QED) is 0.909. The van der Waals surface area contributed by atoms with Crippen LogP contribution in [0.1, 0.15) is 31.0 Å². The lowest BCUT2D eigenvalue weighted by molar-refractivity contribution is 0.0832. The molecule has 1 fully saturated rings. The molecule has 1 N–H and O–H groups in total. The van der Waals surface area contributed by atoms with Crippen molar-refractivity contribution in [3.8, 4) is 0 Å². The highest BCUT2D eigenvalue weighted by atomic mass is 16.5. The molecule has 3 rings (SSSR count). The van der Waals surface area contributed by atoms with Gasteiger partial charge in [-0.1, -0.05) is 0 Å². The van der Waals surface area contributed by atoms with Gasteiger partial charge < -0.3 is 10.1 Å². The van der Waals surface area contributed by atoms with Crippen molar-refractivity contribution in [1.82, 2.24) is 19.9 Å². The predicted octanol–water partition coefficient (Wildman–Crippen LogP) is 1.69. The lowest BCUT2D eigenvalue weighted by atomic mass is 10.1. The molecule has 1 aliphatic rings. The third-order valence-electron chi connectivity index (χ3n) is 3.64.